The fourth-order valence-electron chi connectivity index (χ4n) is 0.833. The van der Waals surface area contributed by atoms with Gasteiger partial charge in [-0.15, -0.1) is 0 Å². The molecule has 60 valence electrons. The summed E-state index contributed by atoms with van der Waals surface area (Å²) in [6.45, 7) is 1.90. The Morgan fingerprint density at radius 1 is 1.55 bits per heavy atom. The highest BCUT2D eigenvalue weighted by atomic mass is 79.9. The smallest absolute Gasteiger partial charge is 0.141 e. The van der Waals surface area contributed by atoms with E-state index in [9.17, 15) is 4.39 Å². The monoisotopic (exact) mass is 218 g/mol. The topological polar surface area (TPSA) is 20.2 Å². The van der Waals surface area contributed by atoms with Crippen molar-refractivity contribution in [3.05, 3.63) is 28.0 Å². The first kappa shape index (κ1) is 8.53. The van der Waals surface area contributed by atoms with Crippen LogP contribution in [0.3, 0.4) is 0 Å². The molecule has 1 nitrogen and oxygen atoms in total. The molecule has 0 bridgehead atoms. The van der Waals surface area contributed by atoms with Crippen molar-refractivity contribution in [2.75, 3.05) is 0 Å². The molecule has 1 rings (SSSR count). The third kappa shape index (κ3) is 1.71. The molecule has 0 heterocycles. The van der Waals surface area contributed by atoms with Gasteiger partial charge < -0.3 is 5.11 Å². The highest BCUT2D eigenvalue weighted by Crippen LogP contribution is 2.27. The second-order valence-corrected chi connectivity index (χ2v) is 3.06. The number of aryl methyl sites for hydroxylation is 1. The SMILES string of the molecule is CCc1cc(O)c(Br)c(F)c1. The van der Waals surface area contributed by atoms with Crippen molar-refractivity contribution in [2.45, 2.75) is 13.3 Å². The van der Waals surface area contributed by atoms with Crippen LogP contribution >= 0.6 is 15.9 Å². The van der Waals surface area contributed by atoms with Gasteiger partial charge in [0.15, 0.2) is 0 Å². The number of halogens is 2. The summed E-state index contributed by atoms with van der Waals surface area (Å²) < 4.78 is 13.0. The Morgan fingerprint density at radius 2 is 2.18 bits per heavy atom. The zero-order chi connectivity index (χ0) is 8.43. The number of hydrogen-bond donors (Lipinski definition) is 1. The second-order valence-electron chi connectivity index (χ2n) is 2.26. The van der Waals surface area contributed by atoms with Crippen LogP contribution in [-0.2, 0) is 6.42 Å². The molecule has 0 unspecified atom stereocenters. The average Bonchev–Trinajstić information content (AvgIpc) is 1.99. The summed E-state index contributed by atoms with van der Waals surface area (Å²) in [5, 5.41) is 9.13. The molecule has 0 spiro atoms. The lowest BCUT2D eigenvalue weighted by Gasteiger charge is -2.01. The van der Waals surface area contributed by atoms with Crippen molar-refractivity contribution in [1.82, 2.24) is 0 Å². The Bertz CT molecular complexity index is 250. The van der Waals surface area contributed by atoms with Gasteiger partial charge in [-0.05, 0) is 40.0 Å². The van der Waals surface area contributed by atoms with E-state index >= 15 is 0 Å². The Hall–Kier alpha value is -0.570. The van der Waals surface area contributed by atoms with Crippen molar-refractivity contribution >= 4 is 15.9 Å². The minimum Gasteiger partial charge on any atom is -0.507 e. The lowest BCUT2D eigenvalue weighted by atomic mass is 10.1. The van der Waals surface area contributed by atoms with E-state index in [2.05, 4.69) is 15.9 Å². The molecule has 0 fully saturated rings. The van der Waals surface area contributed by atoms with Gasteiger partial charge in [-0.2, -0.15) is 0 Å². The molecule has 1 N–H and O–H groups in total. The first-order chi connectivity index (χ1) is 5.15. The molecule has 0 aromatic heterocycles. The summed E-state index contributed by atoms with van der Waals surface area (Å²) >= 11 is 2.92. The minimum atomic E-state index is -0.415. The summed E-state index contributed by atoms with van der Waals surface area (Å²) in [5.74, 6) is -0.455. The van der Waals surface area contributed by atoms with Crippen LogP contribution in [0.2, 0.25) is 0 Å². The maximum absolute atomic E-state index is 12.8. The molecule has 0 saturated carbocycles. The second kappa shape index (κ2) is 3.22. The lowest BCUT2D eigenvalue weighted by Crippen LogP contribution is -1.84. The Balaban J connectivity index is 3.21. The van der Waals surface area contributed by atoms with Crippen molar-refractivity contribution in [3.8, 4) is 5.75 Å². The average molecular weight is 219 g/mol. The summed E-state index contributed by atoms with van der Waals surface area (Å²) in [6.07, 6.45) is 0.720. The highest BCUT2D eigenvalue weighted by molar-refractivity contribution is 9.10. The van der Waals surface area contributed by atoms with Crippen molar-refractivity contribution in [2.24, 2.45) is 0 Å². The Morgan fingerprint density at radius 3 is 2.64 bits per heavy atom. The Labute approximate surface area is 73.0 Å². The zero-order valence-corrected chi connectivity index (χ0v) is 7.65. The van der Waals surface area contributed by atoms with Crippen LogP contribution in [0.1, 0.15) is 12.5 Å². The van der Waals surface area contributed by atoms with Gasteiger partial charge >= 0.3 is 0 Å². The van der Waals surface area contributed by atoms with E-state index < -0.39 is 5.82 Å². The lowest BCUT2D eigenvalue weighted by molar-refractivity contribution is 0.463. The normalized spacial score (nSPS) is 10.1. The van der Waals surface area contributed by atoms with Crippen LogP contribution in [0.15, 0.2) is 16.6 Å². The van der Waals surface area contributed by atoms with Crippen molar-refractivity contribution < 1.29 is 9.50 Å². The molecule has 0 aliphatic carbocycles. The molecular weight excluding hydrogens is 211 g/mol. The van der Waals surface area contributed by atoms with Crippen LogP contribution in [0.5, 0.6) is 5.75 Å². The van der Waals surface area contributed by atoms with E-state index in [0.29, 0.717) is 0 Å². The molecule has 3 heteroatoms. The predicted molar refractivity (Wildman–Crippen MR) is 45.1 cm³/mol. The molecule has 0 aliphatic rings. The van der Waals surface area contributed by atoms with E-state index in [1.807, 2.05) is 6.92 Å². The zero-order valence-electron chi connectivity index (χ0n) is 6.06. The van der Waals surface area contributed by atoms with E-state index in [1.165, 1.54) is 6.07 Å². The molecule has 0 atom stereocenters. The Kier molecular flexibility index (Phi) is 2.49. The van der Waals surface area contributed by atoms with Gasteiger partial charge in [-0.25, -0.2) is 4.39 Å². The number of hydrogen-bond acceptors (Lipinski definition) is 1. The van der Waals surface area contributed by atoms with E-state index in [4.69, 9.17) is 5.11 Å². The number of benzene rings is 1. The number of aromatic hydroxyl groups is 1. The molecule has 11 heavy (non-hydrogen) atoms. The third-order valence-corrected chi connectivity index (χ3v) is 2.26. The van der Waals surface area contributed by atoms with Crippen molar-refractivity contribution in [1.29, 1.82) is 0 Å². The number of phenolic OH excluding ortho intramolecular Hbond substituents is 1. The fourth-order valence-corrected chi connectivity index (χ4v) is 1.06. The first-order valence-electron chi connectivity index (χ1n) is 3.32. The van der Waals surface area contributed by atoms with Gasteiger partial charge in [-0.1, -0.05) is 6.92 Å². The summed E-state index contributed by atoms with van der Waals surface area (Å²) in [4.78, 5) is 0. The summed E-state index contributed by atoms with van der Waals surface area (Å²) in [5.41, 5.74) is 0.795. The highest BCUT2D eigenvalue weighted by Gasteiger charge is 2.05. The molecule has 0 radical (unpaired) electrons. The van der Waals surface area contributed by atoms with E-state index in [0.717, 1.165) is 12.0 Å². The van der Waals surface area contributed by atoms with Gasteiger partial charge in [0.1, 0.15) is 11.6 Å². The number of phenols is 1. The first-order valence-corrected chi connectivity index (χ1v) is 4.11. The molecule has 0 aliphatic heterocycles. The molecule has 0 saturated heterocycles. The predicted octanol–water partition coefficient (Wildman–Crippen LogP) is 2.86. The molecule has 1 aromatic carbocycles. The minimum absolute atomic E-state index is 0.0400. The quantitative estimate of drug-likeness (QED) is 0.769. The van der Waals surface area contributed by atoms with Crippen LogP contribution in [0, 0.1) is 5.82 Å². The molecule has 1 aromatic rings. The maximum atomic E-state index is 12.8. The third-order valence-electron chi connectivity index (χ3n) is 1.48. The summed E-state index contributed by atoms with van der Waals surface area (Å²) in [6, 6.07) is 2.96. The molecular formula is C8H8BrFO. The standard InChI is InChI=1S/C8H8BrFO/c1-2-5-3-6(10)8(9)7(11)4-5/h3-4,11H,2H2,1H3. The van der Waals surface area contributed by atoms with E-state index in [1.54, 1.807) is 6.07 Å². The maximum Gasteiger partial charge on any atom is 0.141 e. The number of rotatable bonds is 1. The van der Waals surface area contributed by atoms with Gasteiger partial charge in [0.05, 0.1) is 4.47 Å². The van der Waals surface area contributed by atoms with Gasteiger partial charge in [-0.3, -0.25) is 0 Å². The van der Waals surface area contributed by atoms with Gasteiger partial charge in [0, 0.05) is 0 Å². The van der Waals surface area contributed by atoms with Crippen LogP contribution < -0.4 is 0 Å². The van der Waals surface area contributed by atoms with Crippen LogP contribution in [0.25, 0.3) is 0 Å². The van der Waals surface area contributed by atoms with E-state index in [-0.39, 0.29) is 10.2 Å². The largest absolute Gasteiger partial charge is 0.507 e. The van der Waals surface area contributed by atoms with Crippen LogP contribution in [0.4, 0.5) is 4.39 Å². The van der Waals surface area contributed by atoms with Crippen molar-refractivity contribution in [3.63, 3.8) is 0 Å². The van der Waals surface area contributed by atoms with Gasteiger partial charge in [0.2, 0.25) is 0 Å². The summed E-state index contributed by atoms with van der Waals surface area (Å²) in [7, 11) is 0. The fraction of sp³-hybridized carbons (Fsp3) is 0.250. The van der Waals surface area contributed by atoms with Crippen LogP contribution in [-0.4, -0.2) is 5.11 Å². The van der Waals surface area contributed by atoms with Gasteiger partial charge in [0.25, 0.3) is 0 Å². The molecule has 0 amide bonds.